The van der Waals surface area contributed by atoms with Crippen molar-refractivity contribution in [2.75, 3.05) is 18.4 Å². The summed E-state index contributed by atoms with van der Waals surface area (Å²) in [7, 11) is 0. The Balaban J connectivity index is 1.78. The summed E-state index contributed by atoms with van der Waals surface area (Å²) in [5.41, 5.74) is 5.79. The highest BCUT2D eigenvalue weighted by Gasteiger charge is 2.35. The number of carbonyl (C=O) groups excluding carboxylic acids is 1. The smallest absolute Gasteiger partial charge is 0.273 e. The molecule has 0 unspecified atom stereocenters. The highest BCUT2D eigenvalue weighted by Crippen LogP contribution is 2.21. The maximum Gasteiger partial charge on any atom is 0.273 e. The maximum absolute atomic E-state index is 14.4. The first kappa shape index (κ1) is 17.7. The van der Waals surface area contributed by atoms with Crippen LogP contribution in [0.1, 0.15) is 6.42 Å². The summed E-state index contributed by atoms with van der Waals surface area (Å²) >= 11 is 0. The molecule has 1 aliphatic heterocycles. The zero-order valence-electron chi connectivity index (χ0n) is 13.8. The predicted octanol–water partition coefficient (Wildman–Crippen LogP) is 0.235. The van der Waals surface area contributed by atoms with Crippen LogP contribution in [0, 0.1) is 17.1 Å². The Morgan fingerprint density at radius 3 is 3.00 bits per heavy atom. The van der Waals surface area contributed by atoms with E-state index in [0.29, 0.717) is 18.7 Å². The summed E-state index contributed by atoms with van der Waals surface area (Å²) in [5.74, 6) is -1.09. The van der Waals surface area contributed by atoms with Crippen molar-refractivity contribution in [1.82, 2.24) is 14.5 Å². The molecule has 0 spiro atoms. The van der Waals surface area contributed by atoms with E-state index in [1.807, 2.05) is 6.07 Å². The summed E-state index contributed by atoms with van der Waals surface area (Å²) in [5, 5.41) is 11.4. The fourth-order valence-electron chi connectivity index (χ4n) is 3.01. The van der Waals surface area contributed by atoms with E-state index in [-0.39, 0.29) is 18.3 Å². The molecule has 1 aliphatic rings. The van der Waals surface area contributed by atoms with Gasteiger partial charge in [-0.25, -0.2) is 4.39 Å². The number of rotatable bonds is 4. The van der Waals surface area contributed by atoms with Crippen LogP contribution in [-0.2, 0) is 4.79 Å². The minimum absolute atomic E-state index is 0.00164. The Labute approximate surface area is 148 Å². The molecule has 1 saturated heterocycles. The minimum Gasteiger partial charge on any atom is -0.326 e. The van der Waals surface area contributed by atoms with Crippen LogP contribution in [0.15, 0.2) is 41.6 Å². The van der Waals surface area contributed by atoms with Crippen LogP contribution in [0.4, 0.5) is 10.1 Å². The van der Waals surface area contributed by atoms with Crippen LogP contribution in [-0.4, -0.2) is 45.5 Å². The third kappa shape index (κ3) is 3.61. The van der Waals surface area contributed by atoms with Crippen LogP contribution >= 0.6 is 0 Å². The molecule has 0 saturated carbocycles. The molecular formula is C17H17FN6O2. The summed E-state index contributed by atoms with van der Waals surface area (Å²) in [4.78, 5) is 29.6. The number of hydrogen-bond donors (Lipinski definition) is 2. The SMILES string of the molecule is N#CCN1C[C@@H](N)C[C@H]1C(=O)Nc1ccc(-n2ccncc2=O)cc1F. The number of amides is 1. The first-order valence-electron chi connectivity index (χ1n) is 7.99. The van der Waals surface area contributed by atoms with E-state index in [0.717, 1.165) is 12.3 Å². The van der Waals surface area contributed by atoms with Gasteiger partial charge in [-0.05, 0) is 18.6 Å². The lowest BCUT2D eigenvalue weighted by atomic mass is 10.1. The minimum atomic E-state index is -0.673. The molecule has 2 aromatic rings. The number of likely N-dealkylation sites (tertiary alicyclic amines) is 1. The van der Waals surface area contributed by atoms with Gasteiger partial charge in [-0.3, -0.25) is 24.0 Å². The van der Waals surface area contributed by atoms with Gasteiger partial charge in [0.2, 0.25) is 5.91 Å². The van der Waals surface area contributed by atoms with Crippen LogP contribution in [0.2, 0.25) is 0 Å². The number of benzene rings is 1. The van der Waals surface area contributed by atoms with Crippen LogP contribution in [0.25, 0.3) is 5.69 Å². The zero-order chi connectivity index (χ0) is 18.7. The maximum atomic E-state index is 14.4. The van der Waals surface area contributed by atoms with Gasteiger partial charge in [0.05, 0.1) is 36.2 Å². The van der Waals surface area contributed by atoms with Crippen molar-refractivity contribution >= 4 is 11.6 Å². The number of nitriles is 1. The molecular weight excluding hydrogens is 339 g/mol. The fourth-order valence-corrected chi connectivity index (χ4v) is 3.01. The number of hydrogen-bond acceptors (Lipinski definition) is 6. The van der Waals surface area contributed by atoms with E-state index in [4.69, 9.17) is 11.0 Å². The van der Waals surface area contributed by atoms with Gasteiger partial charge in [0.25, 0.3) is 5.56 Å². The van der Waals surface area contributed by atoms with Gasteiger partial charge in [-0.1, -0.05) is 0 Å². The van der Waals surface area contributed by atoms with Gasteiger partial charge in [-0.2, -0.15) is 5.26 Å². The molecule has 1 fully saturated rings. The molecule has 3 N–H and O–H groups in total. The van der Waals surface area contributed by atoms with Crippen LogP contribution < -0.4 is 16.6 Å². The van der Waals surface area contributed by atoms with E-state index < -0.39 is 23.3 Å². The molecule has 3 rings (SSSR count). The molecule has 26 heavy (non-hydrogen) atoms. The van der Waals surface area contributed by atoms with E-state index in [1.165, 1.54) is 29.1 Å². The van der Waals surface area contributed by atoms with Gasteiger partial charge in [-0.15, -0.1) is 0 Å². The highest BCUT2D eigenvalue weighted by molar-refractivity contribution is 5.95. The Hall–Kier alpha value is -3.09. The third-order valence-corrected chi connectivity index (χ3v) is 4.23. The number of nitrogens with two attached hydrogens (primary N) is 1. The molecule has 1 aromatic heterocycles. The monoisotopic (exact) mass is 356 g/mol. The number of halogens is 1. The molecule has 0 aliphatic carbocycles. The summed E-state index contributed by atoms with van der Waals surface area (Å²) in [6.07, 6.45) is 4.37. The average molecular weight is 356 g/mol. The normalized spacial score (nSPS) is 19.9. The predicted molar refractivity (Wildman–Crippen MR) is 92.0 cm³/mol. The fraction of sp³-hybridized carbons (Fsp3) is 0.294. The van der Waals surface area contributed by atoms with E-state index in [2.05, 4.69) is 10.3 Å². The molecule has 0 bridgehead atoms. The average Bonchev–Trinajstić information content (AvgIpc) is 2.98. The zero-order valence-corrected chi connectivity index (χ0v) is 13.8. The van der Waals surface area contributed by atoms with Crippen molar-refractivity contribution in [3.8, 4) is 11.8 Å². The summed E-state index contributed by atoms with van der Waals surface area (Å²) in [6.45, 7) is 0.524. The Bertz CT molecular complexity index is 922. The van der Waals surface area contributed by atoms with E-state index >= 15 is 0 Å². The topological polar surface area (TPSA) is 117 Å². The largest absolute Gasteiger partial charge is 0.326 e. The number of nitrogens with one attached hydrogen (secondary N) is 1. The number of aromatic nitrogens is 2. The van der Waals surface area contributed by atoms with Crippen molar-refractivity contribution in [1.29, 1.82) is 5.26 Å². The van der Waals surface area contributed by atoms with Gasteiger partial charge >= 0.3 is 0 Å². The Morgan fingerprint density at radius 2 is 2.31 bits per heavy atom. The standard InChI is InChI=1S/C17H17FN6O2/c18-13-8-12(24-6-4-21-9-16(24)25)1-2-14(13)22-17(26)15-7-11(20)10-23(15)5-3-19/h1-2,4,6,8-9,11,15H,5,7,10,20H2,(H,22,26)/t11-,15-/m0/s1. The van der Waals surface area contributed by atoms with Crippen molar-refractivity contribution in [2.24, 2.45) is 5.73 Å². The van der Waals surface area contributed by atoms with Gasteiger partial charge < -0.3 is 11.1 Å². The molecule has 2 atom stereocenters. The van der Waals surface area contributed by atoms with Gasteiger partial charge in [0, 0.05) is 31.0 Å². The second kappa shape index (κ2) is 7.43. The molecule has 8 nitrogen and oxygen atoms in total. The van der Waals surface area contributed by atoms with E-state index in [9.17, 15) is 14.0 Å². The number of nitrogens with zero attached hydrogens (tertiary/aromatic N) is 4. The van der Waals surface area contributed by atoms with Gasteiger partial charge in [0.15, 0.2) is 0 Å². The third-order valence-electron chi connectivity index (χ3n) is 4.23. The summed E-state index contributed by atoms with van der Waals surface area (Å²) < 4.78 is 15.6. The molecule has 134 valence electrons. The highest BCUT2D eigenvalue weighted by atomic mass is 19.1. The number of anilines is 1. The molecule has 2 heterocycles. The summed E-state index contributed by atoms with van der Waals surface area (Å²) in [6, 6.07) is 5.29. The second-order valence-corrected chi connectivity index (χ2v) is 6.04. The van der Waals surface area contributed by atoms with Crippen LogP contribution in [0.3, 0.4) is 0 Å². The lowest BCUT2D eigenvalue weighted by molar-refractivity contribution is -0.120. The first-order chi connectivity index (χ1) is 12.5. The molecule has 1 amide bonds. The van der Waals surface area contributed by atoms with Crippen molar-refractivity contribution in [2.45, 2.75) is 18.5 Å². The van der Waals surface area contributed by atoms with Crippen molar-refractivity contribution in [3.63, 3.8) is 0 Å². The lowest BCUT2D eigenvalue weighted by Crippen LogP contribution is -2.40. The Kier molecular flexibility index (Phi) is 5.06. The first-order valence-corrected chi connectivity index (χ1v) is 7.99. The van der Waals surface area contributed by atoms with Gasteiger partial charge in [0.1, 0.15) is 5.82 Å². The quantitative estimate of drug-likeness (QED) is 0.758. The number of carbonyl (C=O) groups is 1. The lowest BCUT2D eigenvalue weighted by Gasteiger charge is -2.20. The molecule has 0 radical (unpaired) electrons. The van der Waals surface area contributed by atoms with Crippen LogP contribution in [0.5, 0.6) is 0 Å². The van der Waals surface area contributed by atoms with E-state index in [1.54, 1.807) is 4.90 Å². The second-order valence-electron chi connectivity index (χ2n) is 6.04. The Morgan fingerprint density at radius 1 is 1.50 bits per heavy atom. The molecule has 9 heteroatoms. The van der Waals surface area contributed by atoms with Crippen molar-refractivity contribution < 1.29 is 9.18 Å². The van der Waals surface area contributed by atoms with Crippen molar-refractivity contribution in [3.05, 3.63) is 53.0 Å². The molecule has 1 aromatic carbocycles.